The lowest BCUT2D eigenvalue weighted by atomic mass is 9.96. The molecule has 2 heteroatoms. The van der Waals surface area contributed by atoms with Crippen molar-refractivity contribution in [2.24, 2.45) is 5.41 Å². The lowest BCUT2D eigenvalue weighted by Crippen LogP contribution is -2.34. The molecule has 1 aromatic rings. The zero-order valence-electron chi connectivity index (χ0n) is 11.1. The van der Waals surface area contributed by atoms with E-state index in [1.54, 1.807) is 0 Å². The SMILES string of the molecule is Cc1ccc2c(c1)CCCN2CC1(CC#N)CC1. The quantitative estimate of drug-likeness (QED) is 0.809. The minimum Gasteiger partial charge on any atom is -0.371 e. The third-order valence-electron chi connectivity index (χ3n) is 4.39. The molecule has 1 heterocycles. The van der Waals surface area contributed by atoms with Crippen molar-refractivity contribution in [2.75, 3.05) is 18.0 Å². The summed E-state index contributed by atoms with van der Waals surface area (Å²) in [5.41, 5.74) is 4.58. The second-order valence-electron chi connectivity index (χ2n) is 5.99. The maximum absolute atomic E-state index is 8.93. The molecule has 0 amide bonds. The fraction of sp³-hybridized carbons (Fsp3) is 0.562. The van der Waals surface area contributed by atoms with Crippen molar-refractivity contribution in [3.63, 3.8) is 0 Å². The summed E-state index contributed by atoms with van der Waals surface area (Å²) < 4.78 is 0. The Morgan fingerprint density at radius 2 is 2.22 bits per heavy atom. The molecule has 1 aliphatic carbocycles. The van der Waals surface area contributed by atoms with E-state index in [1.807, 2.05) is 0 Å². The van der Waals surface area contributed by atoms with E-state index < -0.39 is 0 Å². The summed E-state index contributed by atoms with van der Waals surface area (Å²) in [5.74, 6) is 0. The zero-order valence-corrected chi connectivity index (χ0v) is 11.1. The van der Waals surface area contributed by atoms with Gasteiger partial charge in [0.25, 0.3) is 0 Å². The number of nitriles is 1. The number of nitrogens with zero attached hydrogens (tertiary/aromatic N) is 2. The van der Waals surface area contributed by atoms with Crippen LogP contribution in [-0.2, 0) is 6.42 Å². The summed E-state index contributed by atoms with van der Waals surface area (Å²) in [5, 5.41) is 8.93. The van der Waals surface area contributed by atoms with E-state index in [0.717, 1.165) is 19.5 Å². The van der Waals surface area contributed by atoms with Crippen LogP contribution in [0, 0.1) is 23.7 Å². The number of aryl methyl sites for hydroxylation is 2. The molecular weight excluding hydrogens is 220 g/mol. The van der Waals surface area contributed by atoms with Gasteiger partial charge in [0.1, 0.15) is 0 Å². The number of hydrogen-bond acceptors (Lipinski definition) is 2. The van der Waals surface area contributed by atoms with Crippen LogP contribution in [0.5, 0.6) is 0 Å². The molecule has 0 radical (unpaired) electrons. The minimum atomic E-state index is 0.314. The molecule has 1 fully saturated rings. The Bertz CT molecular complexity index is 494. The maximum Gasteiger partial charge on any atom is 0.0628 e. The van der Waals surface area contributed by atoms with Crippen LogP contribution in [-0.4, -0.2) is 13.1 Å². The van der Waals surface area contributed by atoms with E-state index >= 15 is 0 Å². The van der Waals surface area contributed by atoms with Crippen molar-refractivity contribution in [3.8, 4) is 6.07 Å². The molecule has 1 aliphatic heterocycles. The third kappa shape index (κ3) is 2.10. The van der Waals surface area contributed by atoms with E-state index in [1.165, 1.54) is 42.5 Å². The highest BCUT2D eigenvalue weighted by Gasteiger charge is 2.44. The van der Waals surface area contributed by atoms with Gasteiger partial charge in [-0.2, -0.15) is 5.26 Å². The molecule has 0 saturated heterocycles. The Labute approximate surface area is 109 Å². The van der Waals surface area contributed by atoms with Gasteiger partial charge in [0, 0.05) is 30.6 Å². The van der Waals surface area contributed by atoms with E-state index in [0.29, 0.717) is 5.41 Å². The monoisotopic (exact) mass is 240 g/mol. The molecule has 3 rings (SSSR count). The normalized spacial score (nSPS) is 20.1. The molecule has 0 aromatic heterocycles. The van der Waals surface area contributed by atoms with E-state index in [9.17, 15) is 0 Å². The number of fused-ring (bicyclic) bond motifs is 1. The van der Waals surface area contributed by atoms with Crippen LogP contribution in [0.15, 0.2) is 18.2 Å². The van der Waals surface area contributed by atoms with Crippen molar-refractivity contribution in [2.45, 2.75) is 39.0 Å². The number of rotatable bonds is 3. The largest absolute Gasteiger partial charge is 0.371 e. The molecule has 0 spiro atoms. The molecule has 2 aliphatic rings. The van der Waals surface area contributed by atoms with Crippen LogP contribution in [0.3, 0.4) is 0 Å². The highest BCUT2D eigenvalue weighted by molar-refractivity contribution is 5.57. The maximum atomic E-state index is 8.93. The van der Waals surface area contributed by atoms with Crippen LogP contribution in [0.25, 0.3) is 0 Å². The standard InChI is InChI=1S/C16H20N2/c1-13-4-5-15-14(11-13)3-2-10-18(15)12-16(6-7-16)8-9-17/h4-5,11H,2-3,6-8,10,12H2,1H3. The minimum absolute atomic E-state index is 0.314. The Morgan fingerprint density at radius 1 is 1.39 bits per heavy atom. The molecule has 94 valence electrons. The van der Waals surface area contributed by atoms with Gasteiger partial charge in [-0.25, -0.2) is 0 Å². The Balaban J connectivity index is 1.82. The van der Waals surface area contributed by atoms with Crippen molar-refractivity contribution in [1.82, 2.24) is 0 Å². The lowest BCUT2D eigenvalue weighted by Gasteiger charge is -2.34. The molecule has 2 nitrogen and oxygen atoms in total. The van der Waals surface area contributed by atoms with Gasteiger partial charge in [0.05, 0.1) is 6.07 Å². The first-order valence-electron chi connectivity index (χ1n) is 6.94. The van der Waals surface area contributed by atoms with Crippen LogP contribution >= 0.6 is 0 Å². The van der Waals surface area contributed by atoms with E-state index in [4.69, 9.17) is 5.26 Å². The first-order chi connectivity index (χ1) is 8.72. The molecule has 0 N–H and O–H groups in total. The van der Waals surface area contributed by atoms with Crippen LogP contribution in [0.2, 0.25) is 0 Å². The fourth-order valence-electron chi connectivity index (χ4n) is 3.11. The first-order valence-corrected chi connectivity index (χ1v) is 6.94. The highest BCUT2D eigenvalue weighted by Crippen LogP contribution is 2.50. The Kier molecular flexibility index (Phi) is 2.78. The third-order valence-corrected chi connectivity index (χ3v) is 4.39. The summed E-state index contributed by atoms with van der Waals surface area (Å²) in [7, 11) is 0. The van der Waals surface area contributed by atoms with Gasteiger partial charge in [-0.05, 0) is 44.2 Å². The Hall–Kier alpha value is -1.49. The van der Waals surface area contributed by atoms with Crippen molar-refractivity contribution in [3.05, 3.63) is 29.3 Å². The molecule has 0 bridgehead atoms. The van der Waals surface area contributed by atoms with Gasteiger partial charge in [0.2, 0.25) is 0 Å². The van der Waals surface area contributed by atoms with Crippen LogP contribution in [0.4, 0.5) is 5.69 Å². The van der Waals surface area contributed by atoms with Gasteiger partial charge < -0.3 is 4.90 Å². The predicted octanol–water partition coefficient (Wildman–Crippen LogP) is 3.44. The highest BCUT2D eigenvalue weighted by atomic mass is 15.1. The molecule has 0 atom stereocenters. The second-order valence-corrected chi connectivity index (χ2v) is 5.99. The summed E-state index contributed by atoms with van der Waals surface area (Å²) in [6.45, 7) is 4.40. The molecule has 1 aromatic carbocycles. The molecular formula is C16H20N2. The summed E-state index contributed by atoms with van der Waals surface area (Å²) in [6.07, 6.45) is 5.65. The lowest BCUT2D eigenvalue weighted by molar-refractivity contribution is 0.497. The summed E-state index contributed by atoms with van der Waals surface area (Å²) >= 11 is 0. The first kappa shape index (κ1) is 11.6. The fourth-order valence-corrected chi connectivity index (χ4v) is 3.11. The van der Waals surface area contributed by atoms with Gasteiger partial charge in [-0.3, -0.25) is 0 Å². The smallest absolute Gasteiger partial charge is 0.0628 e. The summed E-state index contributed by atoms with van der Waals surface area (Å²) in [6, 6.07) is 9.17. The topological polar surface area (TPSA) is 27.0 Å². The average molecular weight is 240 g/mol. The number of hydrogen-bond donors (Lipinski definition) is 0. The average Bonchev–Trinajstić information content (AvgIpc) is 3.09. The Morgan fingerprint density at radius 3 is 2.94 bits per heavy atom. The molecule has 0 unspecified atom stereocenters. The zero-order chi connectivity index (χ0) is 12.6. The van der Waals surface area contributed by atoms with E-state index in [-0.39, 0.29) is 0 Å². The van der Waals surface area contributed by atoms with Gasteiger partial charge in [-0.15, -0.1) is 0 Å². The van der Waals surface area contributed by atoms with Crippen molar-refractivity contribution < 1.29 is 0 Å². The van der Waals surface area contributed by atoms with E-state index in [2.05, 4.69) is 36.1 Å². The van der Waals surface area contributed by atoms with Crippen molar-refractivity contribution >= 4 is 5.69 Å². The number of anilines is 1. The molecule has 1 saturated carbocycles. The number of benzene rings is 1. The predicted molar refractivity (Wildman–Crippen MR) is 73.6 cm³/mol. The van der Waals surface area contributed by atoms with Gasteiger partial charge in [0.15, 0.2) is 0 Å². The second kappa shape index (κ2) is 4.31. The van der Waals surface area contributed by atoms with Crippen molar-refractivity contribution in [1.29, 1.82) is 5.26 Å². The van der Waals surface area contributed by atoms with Gasteiger partial charge >= 0.3 is 0 Å². The summed E-state index contributed by atoms with van der Waals surface area (Å²) in [4.78, 5) is 2.52. The molecule has 18 heavy (non-hydrogen) atoms. The van der Waals surface area contributed by atoms with Crippen LogP contribution < -0.4 is 4.90 Å². The van der Waals surface area contributed by atoms with Gasteiger partial charge in [-0.1, -0.05) is 17.7 Å². The van der Waals surface area contributed by atoms with Crippen LogP contribution in [0.1, 0.15) is 36.8 Å².